The van der Waals surface area contributed by atoms with E-state index in [1.54, 1.807) is 92.7 Å². The largest absolute Gasteiger partial charge is 0.462 e. The first-order valence-electron chi connectivity index (χ1n) is 17.4. The van der Waals surface area contributed by atoms with Crippen molar-refractivity contribution in [1.82, 2.24) is 5.32 Å². The van der Waals surface area contributed by atoms with Crippen molar-refractivity contribution in [3.05, 3.63) is 170 Å². The minimum Gasteiger partial charge on any atom is -0.462 e. The molecule has 282 valence electrons. The number of carbonyl (C=O) groups is 5. The highest BCUT2D eigenvalue weighted by Gasteiger charge is 2.30. The zero-order chi connectivity index (χ0) is 39.4. The van der Waals surface area contributed by atoms with E-state index in [1.807, 2.05) is 59.3 Å². The van der Waals surface area contributed by atoms with Crippen molar-refractivity contribution in [1.29, 1.82) is 0 Å². The number of nitrogens with one attached hydrogen (secondary N) is 4. The summed E-state index contributed by atoms with van der Waals surface area (Å²) in [7, 11) is 0. The minimum atomic E-state index is -0.819. The number of para-hydroxylation sites is 1. The average Bonchev–Trinajstić information content (AvgIpc) is 3.85. The van der Waals surface area contributed by atoms with E-state index in [4.69, 9.17) is 4.74 Å². The summed E-state index contributed by atoms with van der Waals surface area (Å²) in [4.78, 5) is 68.5. The Morgan fingerprint density at radius 1 is 0.768 bits per heavy atom. The zero-order valence-corrected chi connectivity index (χ0v) is 32.7. The van der Waals surface area contributed by atoms with Gasteiger partial charge in [0.25, 0.3) is 17.7 Å². The highest BCUT2D eigenvalue weighted by Crippen LogP contribution is 2.40. The van der Waals surface area contributed by atoms with Crippen molar-refractivity contribution >= 4 is 86.5 Å². The molecule has 6 aromatic rings. The monoisotopic (exact) mass is 800 g/mol. The topological polar surface area (TPSA) is 143 Å². The number of thioether (sulfide) groups is 1. The van der Waals surface area contributed by atoms with E-state index < -0.39 is 34.8 Å². The smallest absolute Gasteiger partial charge is 0.341 e. The first-order valence-corrected chi connectivity index (χ1v) is 20.0. The van der Waals surface area contributed by atoms with Crippen LogP contribution in [-0.4, -0.2) is 36.2 Å². The third-order valence-electron chi connectivity index (χ3n) is 8.17. The number of ether oxygens (including phenoxy) is 1. The summed E-state index contributed by atoms with van der Waals surface area (Å²) in [5.41, 5.74) is 3.40. The van der Waals surface area contributed by atoms with Crippen molar-refractivity contribution in [2.75, 3.05) is 22.6 Å². The molecule has 1 unspecified atom stereocenters. The summed E-state index contributed by atoms with van der Waals surface area (Å²) in [5, 5.41) is 14.5. The van der Waals surface area contributed by atoms with Gasteiger partial charge in [-0.25, -0.2) is 4.79 Å². The van der Waals surface area contributed by atoms with Crippen LogP contribution in [0.25, 0.3) is 6.08 Å². The average molecular weight is 801 g/mol. The number of anilines is 3. The van der Waals surface area contributed by atoms with Crippen LogP contribution in [0.15, 0.2) is 143 Å². The number of hydrogen-bond donors (Lipinski definition) is 4. The lowest BCUT2D eigenvalue weighted by molar-refractivity contribution is -0.116. The molecule has 2 heterocycles. The number of hydrogen-bond acceptors (Lipinski definition) is 9. The van der Waals surface area contributed by atoms with Gasteiger partial charge in [-0.2, -0.15) is 11.3 Å². The van der Waals surface area contributed by atoms with E-state index in [9.17, 15) is 24.0 Å². The molecule has 1 atom stereocenters. The molecular weight excluding hydrogens is 765 g/mol. The molecule has 6 rings (SSSR count). The molecule has 0 radical (unpaired) electrons. The van der Waals surface area contributed by atoms with Gasteiger partial charge in [0, 0.05) is 21.8 Å². The maximum Gasteiger partial charge on any atom is 0.341 e. The molecule has 4 N–H and O–H groups in total. The Morgan fingerprint density at radius 3 is 2.12 bits per heavy atom. The maximum atomic E-state index is 14.3. The summed E-state index contributed by atoms with van der Waals surface area (Å²) in [5.74, 6) is -2.49. The molecule has 0 bridgehead atoms. The van der Waals surface area contributed by atoms with Gasteiger partial charge in [-0.05, 0) is 95.9 Å². The van der Waals surface area contributed by atoms with Gasteiger partial charge in [0.1, 0.15) is 15.9 Å². The molecule has 0 saturated heterocycles. The Kier molecular flexibility index (Phi) is 13.3. The lowest BCUT2D eigenvalue weighted by Gasteiger charge is -2.18. The molecule has 10 nitrogen and oxygen atoms in total. The molecule has 4 aromatic carbocycles. The van der Waals surface area contributed by atoms with Crippen LogP contribution in [0.4, 0.5) is 16.4 Å². The van der Waals surface area contributed by atoms with E-state index in [2.05, 4.69) is 21.3 Å². The van der Waals surface area contributed by atoms with E-state index in [0.29, 0.717) is 33.0 Å². The number of rotatable bonds is 14. The summed E-state index contributed by atoms with van der Waals surface area (Å²) >= 11 is 3.70. The molecule has 13 heteroatoms. The Morgan fingerprint density at radius 2 is 1.45 bits per heavy atom. The molecule has 0 aliphatic rings. The van der Waals surface area contributed by atoms with Crippen molar-refractivity contribution in [2.45, 2.75) is 24.0 Å². The standard InChI is InChI=1S/C43H36N4O6S3/c1-3-53-43(52)35-27(2)36(40(50)44-31-18-11-6-12-19-31)56-42(35)47-41(51)37(29-14-7-4-8-15-29)55-33-21-13-20-32(25-33)45-39(49)34(24-28-22-23-54-26-28)46-38(48)30-16-9-5-10-17-30/h4-26,37H,3H2,1-2H3,(H,44,50)(H,45,49)(H,46,48)(H,47,51)/b34-24-. The van der Waals surface area contributed by atoms with E-state index >= 15 is 0 Å². The fourth-order valence-electron chi connectivity index (χ4n) is 5.50. The van der Waals surface area contributed by atoms with Crippen LogP contribution in [-0.2, 0) is 14.3 Å². The van der Waals surface area contributed by atoms with E-state index in [0.717, 1.165) is 16.9 Å². The second kappa shape index (κ2) is 18.8. The highest BCUT2D eigenvalue weighted by molar-refractivity contribution is 8.00. The summed E-state index contributed by atoms with van der Waals surface area (Å²) in [6.45, 7) is 3.43. The summed E-state index contributed by atoms with van der Waals surface area (Å²) in [6.07, 6.45) is 1.61. The van der Waals surface area contributed by atoms with Crippen molar-refractivity contribution in [3.63, 3.8) is 0 Å². The Balaban J connectivity index is 1.25. The first-order chi connectivity index (χ1) is 27.2. The van der Waals surface area contributed by atoms with Gasteiger partial charge >= 0.3 is 5.97 Å². The highest BCUT2D eigenvalue weighted by atomic mass is 32.2. The van der Waals surface area contributed by atoms with Gasteiger partial charge < -0.3 is 26.0 Å². The van der Waals surface area contributed by atoms with Gasteiger partial charge in [-0.3, -0.25) is 19.2 Å². The number of esters is 1. The lowest BCUT2D eigenvalue weighted by Crippen LogP contribution is -2.30. The zero-order valence-electron chi connectivity index (χ0n) is 30.2. The lowest BCUT2D eigenvalue weighted by atomic mass is 10.1. The van der Waals surface area contributed by atoms with Gasteiger partial charge in [-0.1, -0.05) is 72.8 Å². The third kappa shape index (κ3) is 10.1. The van der Waals surface area contributed by atoms with E-state index in [1.165, 1.54) is 23.1 Å². The molecule has 0 aliphatic carbocycles. The Bertz CT molecular complexity index is 2360. The predicted octanol–water partition coefficient (Wildman–Crippen LogP) is 9.43. The molecule has 56 heavy (non-hydrogen) atoms. The fourth-order valence-corrected chi connectivity index (χ4v) is 8.30. The maximum absolute atomic E-state index is 14.3. The minimum absolute atomic E-state index is 0.0531. The number of benzene rings is 4. The molecule has 2 aromatic heterocycles. The van der Waals surface area contributed by atoms with Crippen LogP contribution < -0.4 is 21.3 Å². The van der Waals surface area contributed by atoms with Crippen LogP contribution in [0.3, 0.4) is 0 Å². The molecule has 0 aliphatic heterocycles. The first kappa shape index (κ1) is 39.4. The number of carbonyl (C=O) groups excluding carboxylic acids is 5. The van der Waals surface area contributed by atoms with Crippen LogP contribution in [0, 0.1) is 6.92 Å². The molecule has 0 fully saturated rings. The Hall–Kier alpha value is -6.28. The molecule has 4 amide bonds. The van der Waals surface area contributed by atoms with Gasteiger partial charge in [0.15, 0.2) is 0 Å². The molecule has 0 saturated carbocycles. The van der Waals surface area contributed by atoms with Crippen molar-refractivity contribution < 1.29 is 28.7 Å². The molecule has 0 spiro atoms. The fraction of sp³-hybridized carbons (Fsp3) is 0.0930. The van der Waals surface area contributed by atoms with Gasteiger partial charge in [-0.15, -0.1) is 23.1 Å². The van der Waals surface area contributed by atoms with Crippen LogP contribution >= 0.6 is 34.4 Å². The van der Waals surface area contributed by atoms with Crippen LogP contribution in [0.2, 0.25) is 0 Å². The van der Waals surface area contributed by atoms with E-state index in [-0.39, 0.29) is 27.7 Å². The molecular formula is C43H36N4O6S3. The number of thiophene rings is 2. The summed E-state index contributed by atoms with van der Waals surface area (Å²) < 4.78 is 5.34. The SMILES string of the molecule is CCOC(=O)c1c(NC(=O)C(Sc2cccc(NC(=O)/C(=C/c3ccsc3)NC(=O)c3ccccc3)c2)c2ccccc2)sc(C(=O)Nc2ccccc2)c1C. The van der Waals surface area contributed by atoms with Gasteiger partial charge in [0.2, 0.25) is 5.91 Å². The predicted molar refractivity (Wildman–Crippen MR) is 224 cm³/mol. The normalized spacial score (nSPS) is 11.6. The number of amides is 4. The quantitative estimate of drug-likeness (QED) is 0.0489. The van der Waals surface area contributed by atoms with Crippen LogP contribution in [0.1, 0.15) is 59.3 Å². The summed E-state index contributed by atoms with van der Waals surface area (Å²) in [6, 6.07) is 35.5. The van der Waals surface area contributed by atoms with Gasteiger partial charge in [0.05, 0.1) is 17.0 Å². The third-order valence-corrected chi connectivity index (χ3v) is 11.3. The van der Waals surface area contributed by atoms with Crippen LogP contribution in [0.5, 0.6) is 0 Å². The van der Waals surface area contributed by atoms with Crippen molar-refractivity contribution in [3.8, 4) is 0 Å². The second-order valence-electron chi connectivity index (χ2n) is 12.1. The Labute approximate surface area is 336 Å². The second-order valence-corrected chi connectivity index (χ2v) is 15.1. The van der Waals surface area contributed by atoms with Crippen molar-refractivity contribution in [2.24, 2.45) is 0 Å².